The standard InChI is InChI=1S/C15H20BrNO/c1-11(2)9-14(18)17-15(7-4-8-15)12-5-3-6-13(16)10-12/h3,5-6,10-11H,4,7-9H2,1-2H3,(H,17,18). The van der Waals surface area contributed by atoms with Gasteiger partial charge in [-0.05, 0) is 42.9 Å². The number of rotatable bonds is 4. The first-order chi connectivity index (χ1) is 8.52. The number of carbonyl (C=O) groups excluding carboxylic acids is 1. The van der Waals surface area contributed by atoms with Crippen molar-refractivity contribution in [2.24, 2.45) is 5.92 Å². The Kier molecular flexibility index (Phi) is 4.10. The Morgan fingerprint density at radius 2 is 2.17 bits per heavy atom. The molecule has 1 aromatic carbocycles. The van der Waals surface area contributed by atoms with Crippen molar-refractivity contribution >= 4 is 21.8 Å². The first-order valence-electron chi connectivity index (χ1n) is 6.59. The molecule has 1 aliphatic rings. The predicted molar refractivity (Wildman–Crippen MR) is 77.3 cm³/mol. The number of amides is 1. The normalized spacial score (nSPS) is 17.3. The highest BCUT2D eigenvalue weighted by Gasteiger charge is 2.39. The Bertz CT molecular complexity index is 438. The summed E-state index contributed by atoms with van der Waals surface area (Å²) < 4.78 is 1.07. The minimum absolute atomic E-state index is 0.115. The van der Waals surface area contributed by atoms with E-state index < -0.39 is 0 Å². The summed E-state index contributed by atoms with van der Waals surface area (Å²) in [5.74, 6) is 0.578. The fraction of sp³-hybridized carbons (Fsp3) is 0.533. The minimum Gasteiger partial charge on any atom is -0.347 e. The zero-order valence-corrected chi connectivity index (χ0v) is 12.6. The van der Waals surface area contributed by atoms with Gasteiger partial charge < -0.3 is 5.32 Å². The lowest BCUT2D eigenvalue weighted by molar-refractivity contribution is -0.125. The van der Waals surface area contributed by atoms with Gasteiger partial charge in [-0.3, -0.25) is 4.79 Å². The predicted octanol–water partition coefficient (Wildman–Crippen LogP) is 3.99. The molecule has 3 heteroatoms. The van der Waals surface area contributed by atoms with Crippen LogP contribution in [-0.2, 0) is 10.3 Å². The monoisotopic (exact) mass is 309 g/mol. The molecular weight excluding hydrogens is 290 g/mol. The maximum absolute atomic E-state index is 12.0. The molecule has 0 unspecified atom stereocenters. The smallest absolute Gasteiger partial charge is 0.220 e. The second-order valence-electron chi connectivity index (χ2n) is 5.59. The second kappa shape index (κ2) is 5.43. The van der Waals surface area contributed by atoms with Gasteiger partial charge in [0.25, 0.3) is 0 Å². The van der Waals surface area contributed by atoms with E-state index in [0.29, 0.717) is 12.3 Å². The maximum Gasteiger partial charge on any atom is 0.220 e. The molecule has 1 saturated carbocycles. The van der Waals surface area contributed by atoms with Gasteiger partial charge in [0.2, 0.25) is 5.91 Å². The number of benzene rings is 1. The van der Waals surface area contributed by atoms with Crippen LogP contribution in [0.1, 0.15) is 45.1 Å². The Labute approximate surface area is 117 Å². The SMILES string of the molecule is CC(C)CC(=O)NC1(c2cccc(Br)c2)CCC1. The first kappa shape index (κ1) is 13.6. The summed E-state index contributed by atoms with van der Waals surface area (Å²) in [4.78, 5) is 12.0. The lowest BCUT2D eigenvalue weighted by Gasteiger charge is -2.43. The summed E-state index contributed by atoms with van der Waals surface area (Å²) in [7, 11) is 0. The van der Waals surface area contributed by atoms with E-state index in [1.165, 1.54) is 12.0 Å². The summed E-state index contributed by atoms with van der Waals surface area (Å²) in [6.45, 7) is 4.15. The van der Waals surface area contributed by atoms with Gasteiger partial charge in [-0.1, -0.05) is 41.9 Å². The van der Waals surface area contributed by atoms with Crippen LogP contribution in [0.25, 0.3) is 0 Å². The van der Waals surface area contributed by atoms with Gasteiger partial charge in [-0.2, -0.15) is 0 Å². The van der Waals surface area contributed by atoms with Crippen molar-refractivity contribution in [1.82, 2.24) is 5.32 Å². The number of nitrogens with one attached hydrogen (secondary N) is 1. The van der Waals surface area contributed by atoms with Crippen LogP contribution in [0.4, 0.5) is 0 Å². The number of halogens is 1. The van der Waals surface area contributed by atoms with E-state index in [4.69, 9.17) is 0 Å². The van der Waals surface area contributed by atoms with Gasteiger partial charge in [0.15, 0.2) is 0 Å². The van der Waals surface area contributed by atoms with Crippen molar-refractivity contribution in [2.45, 2.75) is 45.1 Å². The molecule has 0 heterocycles. The van der Waals surface area contributed by atoms with E-state index in [0.717, 1.165) is 17.3 Å². The fourth-order valence-electron chi connectivity index (χ4n) is 2.49. The van der Waals surface area contributed by atoms with Crippen molar-refractivity contribution in [2.75, 3.05) is 0 Å². The summed E-state index contributed by atoms with van der Waals surface area (Å²) in [5.41, 5.74) is 1.11. The van der Waals surface area contributed by atoms with Crippen molar-refractivity contribution in [1.29, 1.82) is 0 Å². The molecule has 0 saturated heterocycles. The van der Waals surface area contributed by atoms with Crippen LogP contribution in [0, 0.1) is 5.92 Å². The molecule has 2 nitrogen and oxygen atoms in total. The Balaban J connectivity index is 2.14. The molecule has 1 N–H and O–H groups in total. The van der Waals surface area contributed by atoms with Gasteiger partial charge in [0, 0.05) is 10.9 Å². The molecule has 0 bridgehead atoms. The van der Waals surface area contributed by atoms with Crippen molar-refractivity contribution < 1.29 is 4.79 Å². The summed E-state index contributed by atoms with van der Waals surface area (Å²) >= 11 is 3.50. The summed E-state index contributed by atoms with van der Waals surface area (Å²) in [6.07, 6.45) is 3.89. The van der Waals surface area contributed by atoms with E-state index in [1.807, 2.05) is 12.1 Å². The average Bonchev–Trinajstić information content (AvgIpc) is 2.22. The van der Waals surface area contributed by atoms with Crippen LogP contribution in [0.5, 0.6) is 0 Å². The van der Waals surface area contributed by atoms with E-state index in [9.17, 15) is 4.79 Å². The lowest BCUT2D eigenvalue weighted by Crippen LogP contribution is -2.51. The van der Waals surface area contributed by atoms with Gasteiger partial charge in [0.1, 0.15) is 0 Å². The lowest BCUT2D eigenvalue weighted by atomic mass is 9.71. The zero-order valence-electron chi connectivity index (χ0n) is 11.0. The maximum atomic E-state index is 12.0. The molecule has 18 heavy (non-hydrogen) atoms. The summed E-state index contributed by atoms with van der Waals surface area (Å²) in [5, 5.41) is 3.24. The molecule has 0 aromatic heterocycles. The molecule has 0 aliphatic heterocycles. The van der Waals surface area contributed by atoms with E-state index in [1.54, 1.807) is 0 Å². The highest BCUT2D eigenvalue weighted by molar-refractivity contribution is 9.10. The van der Waals surface area contributed by atoms with E-state index in [-0.39, 0.29) is 11.4 Å². The van der Waals surface area contributed by atoms with Crippen LogP contribution in [0.2, 0.25) is 0 Å². The minimum atomic E-state index is -0.115. The van der Waals surface area contributed by atoms with Gasteiger partial charge in [-0.15, -0.1) is 0 Å². The van der Waals surface area contributed by atoms with E-state index >= 15 is 0 Å². The van der Waals surface area contributed by atoms with E-state index in [2.05, 4.69) is 47.2 Å². The molecule has 0 radical (unpaired) electrons. The quantitative estimate of drug-likeness (QED) is 0.895. The van der Waals surface area contributed by atoms with Crippen LogP contribution in [-0.4, -0.2) is 5.91 Å². The number of carbonyl (C=O) groups is 1. The average molecular weight is 310 g/mol. The first-order valence-corrected chi connectivity index (χ1v) is 7.38. The third kappa shape index (κ3) is 2.94. The Morgan fingerprint density at radius 1 is 1.44 bits per heavy atom. The molecule has 0 atom stereocenters. The molecule has 1 fully saturated rings. The Morgan fingerprint density at radius 3 is 2.67 bits per heavy atom. The molecule has 1 aromatic rings. The van der Waals surface area contributed by atoms with Crippen LogP contribution in [0.15, 0.2) is 28.7 Å². The van der Waals surface area contributed by atoms with Gasteiger partial charge >= 0.3 is 0 Å². The van der Waals surface area contributed by atoms with Gasteiger partial charge in [0.05, 0.1) is 5.54 Å². The highest BCUT2D eigenvalue weighted by Crippen LogP contribution is 2.42. The zero-order chi connectivity index (χ0) is 13.2. The molecule has 1 amide bonds. The largest absolute Gasteiger partial charge is 0.347 e. The Hall–Kier alpha value is -0.830. The van der Waals surface area contributed by atoms with Crippen molar-refractivity contribution in [3.05, 3.63) is 34.3 Å². The van der Waals surface area contributed by atoms with Crippen LogP contribution in [0.3, 0.4) is 0 Å². The number of hydrogen-bond acceptors (Lipinski definition) is 1. The topological polar surface area (TPSA) is 29.1 Å². The second-order valence-corrected chi connectivity index (χ2v) is 6.51. The molecule has 1 aliphatic carbocycles. The van der Waals surface area contributed by atoms with Crippen molar-refractivity contribution in [3.8, 4) is 0 Å². The molecule has 98 valence electrons. The van der Waals surface area contributed by atoms with Crippen LogP contribution >= 0.6 is 15.9 Å². The molecule has 2 rings (SSSR count). The third-order valence-electron chi connectivity index (χ3n) is 3.56. The fourth-order valence-corrected chi connectivity index (χ4v) is 2.89. The van der Waals surface area contributed by atoms with Gasteiger partial charge in [-0.25, -0.2) is 0 Å². The highest BCUT2D eigenvalue weighted by atomic mass is 79.9. The van der Waals surface area contributed by atoms with Crippen LogP contribution < -0.4 is 5.32 Å². The van der Waals surface area contributed by atoms with Crippen molar-refractivity contribution in [3.63, 3.8) is 0 Å². The molecule has 0 spiro atoms. The number of hydrogen-bond donors (Lipinski definition) is 1. The molecular formula is C15H20BrNO. The third-order valence-corrected chi connectivity index (χ3v) is 4.05. The summed E-state index contributed by atoms with van der Waals surface area (Å²) in [6, 6.07) is 8.29.